The highest BCUT2D eigenvalue weighted by Crippen LogP contribution is 2.17. The summed E-state index contributed by atoms with van der Waals surface area (Å²) >= 11 is 0. The van der Waals surface area contributed by atoms with E-state index < -0.39 is 12.0 Å². The molecule has 2 saturated heterocycles. The lowest BCUT2D eigenvalue weighted by atomic mass is 10.1. The van der Waals surface area contributed by atoms with Crippen molar-refractivity contribution < 1.29 is 23.9 Å². The lowest BCUT2D eigenvalue weighted by molar-refractivity contribution is -0.149. The number of nitrogens with zero attached hydrogens (tertiary/aromatic N) is 2. The van der Waals surface area contributed by atoms with Crippen molar-refractivity contribution in [2.75, 3.05) is 44.6 Å². The van der Waals surface area contributed by atoms with Crippen molar-refractivity contribution in [1.82, 2.24) is 15.1 Å². The molecule has 0 aromatic heterocycles. The maximum absolute atomic E-state index is 12.7. The van der Waals surface area contributed by atoms with Crippen molar-refractivity contribution in [2.45, 2.75) is 39.2 Å². The van der Waals surface area contributed by atoms with Gasteiger partial charge in [0.25, 0.3) is 5.91 Å². The number of benzene rings is 1. The van der Waals surface area contributed by atoms with Gasteiger partial charge in [-0.25, -0.2) is 0 Å². The Morgan fingerprint density at radius 3 is 2.66 bits per heavy atom. The van der Waals surface area contributed by atoms with Crippen LogP contribution in [0.3, 0.4) is 0 Å². The molecule has 9 nitrogen and oxygen atoms in total. The molecule has 2 aliphatic rings. The minimum atomic E-state index is -0.753. The minimum Gasteiger partial charge on any atom is -0.465 e. The molecule has 1 aromatic rings. The second-order valence-corrected chi connectivity index (χ2v) is 8.69. The van der Waals surface area contributed by atoms with Gasteiger partial charge in [-0.2, -0.15) is 0 Å². The third-order valence-electron chi connectivity index (χ3n) is 5.51. The molecule has 0 bridgehead atoms. The van der Waals surface area contributed by atoms with E-state index in [0.29, 0.717) is 30.9 Å². The van der Waals surface area contributed by atoms with Crippen LogP contribution in [0.15, 0.2) is 24.3 Å². The van der Waals surface area contributed by atoms with E-state index in [0.717, 1.165) is 25.9 Å². The summed E-state index contributed by atoms with van der Waals surface area (Å²) in [5, 5.41) is 5.54. The van der Waals surface area contributed by atoms with Crippen LogP contribution in [0.25, 0.3) is 0 Å². The maximum atomic E-state index is 12.7. The van der Waals surface area contributed by atoms with Crippen LogP contribution in [0.5, 0.6) is 0 Å². The van der Waals surface area contributed by atoms with E-state index in [-0.39, 0.29) is 36.6 Å². The molecule has 3 amide bonds. The SMILES string of the molecule is CC(C)COC(=O)CC1C(=O)NCCN1CC(=O)Nc1cccc(C(=O)N2CCCC2)c1. The van der Waals surface area contributed by atoms with Crippen molar-refractivity contribution in [3.8, 4) is 0 Å². The smallest absolute Gasteiger partial charge is 0.307 e. The van der Waals surface area contributed by atoms with E-state index >= 15 is 0 Å². The zero-order chi connectivity index (χ0) is 23.1. The molecule has 2 aliphatic heterocycles. The van der Waals surface area contributed by atoms with E-state index in [4.69, 9.17) is 4.74 Å². The quantitative estimate of drug-likeness (QED) is 0.585. The fourth-order valence-corrected chi connectivity index (χ4v) is 3.87. The van der Waals surface area contributed by atoms with Gasteiger partial charge in [0, 0.05) is 37.4 Å². The molecule has 1 atom stereocenters. The van der Waals surface area contributed by atoms with Crippen molar-refractivity contribution in [3.05, 3.63) is 29.8 Å². The van der Waals surface area contributed by atoms with Gasteiger partial charge in [-0.15, -0.1) is 0 Å². The number of anilines is 1. The largest absolute Gasteiger partial charge is 0.465 e. The zero-order valence-corrected chi connectivity index (χ0v) is 18.8. The van der Waals surface area contributed by atoms with Crippen LogP contribution >= 0.6 is 0 Å². The van der Waals surface area contributed by atoms with Gasteiger partial charge in [-0.3, -0.25) is 24.1 Å². The number of hydrogen-bond acceptors (Lipinski definition) is 6. The number of rotatable bonds is 8. The van der Waals surface area contributed by atoms with Crippen LogP contribution in [0.1, 0.15) is 43.5 Å². The molecule has 32 heavy (non-hydrogen) atoms. The van der Waals surface area contributed by atoms with Gasteiger partial charge < -0.3 is 20.3 Å². The number of nitrogens with one attached hydrogen (secondary N) is 2. The average molecular weight is 445 g/mol. The molecule has 0 spiro atoms. The molecule has 2 N–H and O–H groups in total. The van der Waals surface area contributed by atoms with Crippen molar-refractivity contribution in [2.24, 2.45) is 5.92 Å². The number of amides is 3. The monoisotopic (exact) mass is 444 g/mol. The predicted octanol–water partition coefficient (Wildman–Crippen LogP) is 1.25. The highest BCUT2D eigenvalue weighted by molar-refractivity contribution is 5.98. The highest BCUT2D eigenvalue weighted by Gasteiger charge is 2.33. The third kappa shape index (κ3) is 6.53. The summed E-state index contributed by atoms with van der Waals surface area (Å²) in [7, 11) is 0. The Morgan fingerprint density at radius 2 is 1.94 bits per heavy atom. The first-order chi connectivity index (χ1) is 15.3. The van der Waals surface area contributed by atoms with Crippen LogP contribution in [0.2, 0.25) is 0 Å². The second kappa shape index (κ2) is 11.1. The Kier molecular flexibility index (Phi) is 8.21. The van der Waals surface area contributed by atoms with Gasteiger partial charge >= 0.3 is 5.97 Å². The molecule has 3 rings (SSSR count). The lowest BCUT2D eigenvalue weighted by Gasteiger charge is -2.33. The molecular formula is C23H32N4O5. The fraction of sp³-hybridized carbons (Fsp3) is 0.565. The van der Waals surface area contributed by atoms with E-state index in [1.54, 1.807) is 29.2 Å². The summed E-state index contributed by atoms with van der Waals surface area (Å²) in [6.07, 6.45) is 1.92. The molecule has 2 heterocycles. The lowest BCUT2D eigenvalue weighted by Crippen LogP contribution is -2.57. The number of carbonyl (C=O) groups excluding carboxylic acids is 4. The molecule has 1 unspecified atom stereocenters. The molecule has 0 radical (unpaired) electrons. The number of carbonyl (C=O) groups is 4. The molecule has 2 fully saturated rings. The second-order valence-electron chi connectivity index (χ2n) is 8.69. The summed E-state index contributed by atoms with van der Waals surface area (Å²) in [4.78, 5) is 53.2. The third-order valence-corrected chi connectivity index (χ3v) is 5.51. The van der Waals surface area contributed by atoms with Gasteiger partial charge in [0.1, 0.15) is 6.04 Å². The van der Waals surface area contributed by atoms with Gasteiger partial charge in [0.05, 0.1) is 19.6 Å². The molecule has 0 aliphatic carbocycles. The first-order valence-electron chi connectivity index (χ1n) is 11.2. The number of esters is 1. The first-order valence-corrected chi connectivity index (χ1v) is 11.2. The molecular weight excluding hydrogens is 412 g/mol. The van der Waals surface area contributed by atoms with Gasteiger partial charge in [0.15, 0.2) is 0 Å². The maximum Gasteiger partial charge on any atom is 0.307 e. The van der Waals surface area contributed by atoms with Gasteiger partial charge in [-0.05, 0) is 37.0 Å². The number of ether oxygens (including phenoxy) is 1. The van der Waals surface area contributed by atoms with E-state index in [9.17, 15) is 19.2 Å². The van der Waals surface area contributed by atoms with Crippen LogP contribution in [0, 0.1) is 5.92 Å². The Hall–Kier alpha value is -2.94. The summed E-state index contributed by atoms with van der Waals surface area (Å²) in [6, 6.07) is 6.12. The topological polar surface area (TPSA) is 108 Å². The van der Waals surface area contributed by atoms with Crippen molar-refractivity contribution in [1.29, 1.82) is 0 Å². The van der Waals surface area contributed by atoms with E-state index in [1.807, 2.05) is 18.7 Å². The average Bonchev–Trinajstić information content (AvgIpc) is 3.29. The van der Waals surface area contributed by atoms with Gasteiger partial charge in [0.2, 0.25) is 11.8 Å². The van der Waals surface area contributed by atoms with Crippen LogP contribution in [0.4, 0.5) is 5.69 Å². The summed E-state index contributed by atoms with van der Waals surface area (Å²) in [5.41, 5.74) is 1.06. The van der Waals surface area contributed by atoms with Crippen LogP contribution in [-0.4, -0.2) is 78.9 Å². The fourth-order valence-electron chi connectivity index (χ4n) is 3.87. The standard InChI is InChI=1S/C23H32N4O5/c1-16(2)15-32-21(29)13-19-22(30)24-8-11-27(19)14-20(28)25-18-7-5-6-17(12-18)23(31)26-9-3-4-10-26/h5-7,12,16,19H,3-4,8-11,13-15H2,1-2H3,(H,24,30)(H,25,28). The van der Waals surface area contributed by atoms with E-state index in [1.165, 1.54) is 0 Å². The highest BCUT2D eigenvalue weighted by atomic mass is 16.5. The van der Waals surface area contributed by atoms with Crippen molar-refractivity contribution >= 4 is 29.4 Å². The Morgan fingerprint density at radius 1 is 1.19 bits per heavy atom. The summed E-state index contributed by atoms with van der Waals surface area (Å²) in [6.45, 7) is 6.50. The van der Waals surface area contributed by atoms with Crippen LogP contribution < -0.4 is 10.6 Å². The number of likely N-dealkylation sites (tertiary alicyclic amines) is 1. The molecule has 1 aromatic carbocycles. The minimum absolute atomic E-state index is 0.0359. The summed E-state index contributed by atoms with van der Waals surface area (Å²) < 4.78 is 5.20. The molecule has 174 valence electrons. The van der Waals surface area contributed by atoms with E-state index in [2.05, 4.69) is 10.6 Å². The predicted molar refractivity (Wildman–Crippen MR) is 119 cm³/mol. The van der Waals surface area contributed by atoms with Crippen LogP contribution in [-0.2, 0) is 19.1 Å². The van der Waals surface area contributed by atoms with Crippen molar-refractivity contribution in [3.63, 3.8) is 0 Å². The zero-order valence-electron chi connectivity index (χ0n) is 18.8. The Bertz CT molecular complexity index is 851. The normalized spacial score (nSPS) is 19.0. The molecule has 9 heteroatoms. The summed E-state index contributed by atoms with van der Waals surface area (Å²) in [5.74, 6) is -0.894. The Balaban J connectivity index is 1.58. The van der Waals surface area contributed by atoms with Gasteiger partial charge in [-0.1, -0.05) is 19.9 Å². The number of piperazine rings is 1. The molecule has 0 saturated carbocycles. The number of hydrogen-bond donors (Lipinski definition) is 2. The Labute approximate surface area is 188 Å². The first kappa shape index (κ1) is 23.7.